The minimum atomic E-state index is 0.0972. The minimum Gasteiger partial charge on any atom is -0.289 e. The lowest BCUT2D eigenvalue weighted by Gasteiger charge is -2.16. The molecule has 1 aromatic carbocycles. The molecule has 15 heavy (non-hydrogen) atoms. The van der Waals surface area contributed by atoms with Crippen molar-refractivity contribution in [2.45, 2.75) is 6.42 Å². The van der Waals surface area contributed by atoms with Gasteiger partial charge in [0, 0.05) is 23.7 Å². The van der Waals surface area contributed by atoms with Gasteiger partial charge in [0.1, 0.15) is 0 Å². The van der Waals surface area contributed by atoms with Crippen LogP contribution in [0.25, 0.3) is 0 Å². The van der Waals surface area contributed by atoms with Gasteiger partial charge in [0.05, 0.1) is 5.69 Å². The number of carbonyl (C=O) groups is 1. The first kappa shape index (κ1) is 8.36. The smallest absolute Gasteiger partial charge is 0.195 e. The van der Waals surface area contributed by atoms with Crippen molar-refractivity contribution in [1.29, 1.82) is 0 Å². The standard InChI is InChI=1S/C13H9NO/c15-13-10-5-2-1-4-9(10)8-12-11(13)6-3-7-14-12/h1-7H,8H2. The maximum absolute atomic E-state index is 12.1. The van der Waals surface area contributed by atoms with E-state index < -0.39 is 0 Å². The number of carbonyl (C=O) groups excluding carboxylic acids is 1. The van der Waals surface area contributed by atoms with Crippen LogP contribution in [0.1, 0.15) is 27.2 Å². The van der Waals surface area contributed by atoms with Gasteiger partial charge in [-0.25, -0.2) is 0 Å². The van der Waals surface area contributed by atoms with Crippen LogP contribution in [0.4, 0.5) is 0 Å². The first-order valence-corrected chi connectivity index (χ1v) is 4.93. The Kier molecular flexibility index (Phi) is 1.68. The van der Waals surface area contributed by atoms with E-state index in [-0.39, 0.29) is 5.78 Å². The molecule has 2 aromatic rings. The van der Waals surface area contributed by atoms with Crippen molar-refractivity contribution in [2.24, 2.45) is 0 Å². The van der Waals surface area contributed by atoms with Crippen LogP contribution in [0.5, 0.6) is 0 Å². The summed E-state index contributed by atoms with van der Waals surface area (Å²) in [5.74, 6) is 0.0972. The molecule has 3 rings (SSSR count). The van der Waals surface area contributed by atoms with Crippen molar-refractivity contribution in [2.75, 3.05) is 0 Å². The van der Waals surface area contributed by atoms with Gasteiger partial charge in [0.25, 0.3) is 0 Å². The first-order chi connectivity index (χ1) is 7.36. The molecule has 0 atom stereocenters. The number of nitrogens with zero attached hydrogens (tertiary/aromatic N) is 1. The SMILES string of the molecule is O=C1c2ccccc2Cc2ncccc21. The molecule has 1 aromatic heterocycles. The van der Waals surface area contributed by atoms with Crippen molar-refractivity contribution >= 4 is 5.78 Å². The third-order valence-corrected chi connectivity index (χ3v) is 2.75. The van der Waals surface area contributed by atoms with Gasteiger partial charge in [-0.1, -0.05) is 24.3 Å². The van der Waals surface area contributed by atoms with Crippen LogP contribution in [0, 0.1) is 0 Å². The molecule has 0 N–H and O–H groups in total. The van der Waals surface area contributed by atoms with Gasteiger partial charge < -0.3 is 0 Å². The number of rotatable bonds is 0. The fourth-order valence-corrected chi connectivity index (χ4v) is 2.01. The number of hydrogen-bond acceptors (Lipinski definition) is 2. The molecule has 0 saturated heterocycles. The Morgan fingerprint density at radius 3 is 2.73 bits per heavy atom. The van der Waals surface area contributed by atoms with E-state index in [2.05, 4.69) is 4.98 Å². The lowest BCUT2D eigenvalue weighted by atomic mass is 9.88. The molecule has 1 heterocycles. The van der Waals surface area contributed by atoms with E-state index >= 15 is 0 Å². The fourth-order valence-electron chi connectivity index (χ4n) is 2.01. The third kappa shape index (κ3) is 1.18. The molecular weight excluding hydrogens is 186 g/mol. The Morgan fingerprint density at radius 1 is 1.00 bits per heavy atom. The molecule has 0 radical (unpaired) electrons. The second-order valence-corrected chi connectivity index (χ2v) is 3.66. The Balaban J connectivity index is 2.24. The third-order valence-electron chi connectivity index (χ3n) is 2.75. The molecule has 1 aliphatic rings. The molecule has 0 spiro atoms. The van der Waals surface area contributed by atoms with Gasteiger partial charge in [-0.2, -0.15) is 0 Å². The molecule has 0 amide bonds. The van der Waals surface area contributed by atoms with E-state index in [0.717, 1.165) is 28.8 Å². The molecule has 0 bridgehead atoms. The highest BCUT2D eigenvalue weighted by molar-refractivity contribution is 6.11. The molecule has 0 saturated carbocycles. The summed E-state index contributed by atoms with van der Waals surface area (Å²) in [5.41, 5.74) is 3.53. The fraction of sp³-hybridized carbons (Fsp3) is 0.0769. The second-order valence-electron chi connectivity index (χ2n) is 3.66. The van der Waals surface area contributed by atoms with E-state index in [1.165, 1.54) is 0 Å². The normalized spacial score (nSPS) is 13.2. The summed E-state index contributed by atoms with van der Waals surface area (Å²) in [7, 11) is 0. The van der Waals surface area contributed by atoms with E-state index in [1.807, 2.05) is 36.4 Å². The van der Waals surface area contributed by atoms with Gasteiger partial charge in [-0.3, -0.25) is 9.78 Å². The lowest BCUT2D eigenvalue weighted by Crippen LogP contribution is -2.15. The number of pyridine rings is 1. The maximum Gasteiger partial charge on any atom is 0.195 e. The van der Waals surface area contributed by atoms with Crippen molar-refractivity contribution < 1.29 is 4.79 Å². The van der Waals surface area contributed by atoms with Crippen LogP contribution in [-0.4, -0.2) is 10.8 Å². The number of aromatic nitrogens is 1. The van der Waals surface area contributed by atoms with E-state index in [0.29, 0.717) is 0 Å². The number of fused-ring (bicyclic) bond motifs is 2. The topological polar surface area (TPSA) is 30.0 Å². The summed E-state index contributed by atoms with van der Waals surface area (Å²) in [4.78, 5) is 16.3. The Bertz CT molecular complexity index is 498. The van der Waals surface area contributed by atoms with Crippen molar-refractivity contribution in [1.82, 2.24) is 4.98 Å². The molecule has 2 heteroatoms. The van der Waals surface area contributed by atoms with Crippen LogP contribution < -0.4 is 0 Å². The quantitative estimate of drug-likeness (QED) is 0.550. The average molecular weight is 195 g/mol. The Morgan fingerprint density at radius 2 is 1.80 bits per heavy atom. The first-order valence-electron chi connectivity index (χ1n) is 4.93. The molecule has 0 fully saturated rings. The van der Waals surface area contributed by atoms with Crippen LogP contribution in [-0.2, 0) is 6.42 Å². The van der Waals surface area contributed by atoms with Gasteiger partial charge >= 0.3 is 0 Å². The molecule has 0 aliphatic heterocycles. The summed E-state index contributed by atoms with van der Waals surface area (Å²) < 4.78 is 0. The highest BCUT2D eigenvalue weighted by Gasteiger charge is 2.22. The highest BCUT2D eigenvalue weighted by Crippen LogP contribution is 2.24. The number of ketones is 1. The van der Waals surface area contributed by atoms with E-state index in [9.17, 15) is 4.79 Å². The van der Waals surface area contributed by atoms with Gasteiger partial charge in [0.15, 0.2) is 5.78 Å². The van der Waals surface area contributed by atoms with Crippen LogP contribution in [0.3, 0.4) is 0 Å². The average Bonchev–Trinajstić information content (AvgIpc) is 2.30. The zero-order valence-corrected chi connectivity index (χ0v) is 8.10. The van der Waals surface area contributed by atoms with Crippen LogP contribution in [0.2, 0.25) is 0 Å². The summed E-state index contributed by atoms with van der Waals surface area (Å²) >= 11 is 0. The Hall–Kier alpha value is -1.96. The number of hydrogen-bond donors (Lipinski definition) is 0. The summed E-state index contributed by atoms with van der Waals surface area (Å²) in [6, 6.07) is 11.4. The van der Waals surface area contributed by atoms with Gasteiger partial charge in [-0.05, 0) is 17.7 Å². The summed E-state index contributed by atoms with van der Waals surface area (Å²) in [6.07, 6.45) is 2.50. The summed E-state index contributed by atoms with van der Waals surface area (Å²) in [6.45, 7) is 0. The molecule has 72 valence electrons. The van der Waals surface area contributed by atoms with E-state index in [4.69, 9.17) is 0 Å². The Labute approximate surface area is 87.6 Å². The monoisotopic (exact) mass is 195 g/mol. The van der Waals surface area contributed by atoms with Crippen molar-refractivity contribution in [3.8, 4) is 0 Å². The van der Waals surface area contributed by atoms with Crippen molar-refractivity contribution in [3.05, 3.63) is 65.0 Å². The van der Waals surface area contributed by atoms with Gasteiger partial charge in [0.2, 0.25) is 0 Å². The number of benzene rings is 1. The van der Waals surface area contributed by atoms with Gasteiger partial charge in [-0.15, -0.1) is 0 Å². The molecule has 0 unspecified atom stereocenters. The van der Waals surface area contributed by atoms with Crippen molar-refractivity contribution in [3.63, 3.8) is 0 Å². The van der Waals surface area contributed by atoms with Crippen LogP contribution in [0.15, 0.2) is 42.6 Å². The summed E-state index contributed by atoms with van der Waals surface area (Å²) in [5, 5.41) is 0. The minimum absolute atomic E-state index is 0.0972. The predicted octanol–water partition coefficient (Wildman–Crippen LogP) is 2.22. The lowest BCUT2D eigenvalue weighted by molar-refractivity contribution is 0.103. The largest absolute Gasteiger partial charge is 0.289 e. The second kappa shape index (κ2) is 3.02. The zero-order chi connectivity index (χ0) is 10.3. The molecule has 1 aliphatic carbocycles. The maximum atomic E-state index is 12.1. The zero-order valence-electron chi connectivity index (χ0n) is 8.10. The molecular formula is C13H9NO. The van der Waals surface area contributed by atoms with E-state index in [1.54, 1.807) is 6.20 Å². The van der Waals surface area contributed by atoms with Crippen LogP contribution >= 0.6 is 0 Å². The molecule has 2 nitrogen and oxygen atoms in total. The highest BCUT2D eigenvalue weighted by atomic mass is 16.1. The predicted molar refractivity (Wildman–Crippen MR) is 56.9 cm³/mol.